The maximum absolute atomic E-state index is 11.5. The van der Waals surface area contributed by atoms with Crippen molar-refractivity contribution in [3.05, 3.63) is 34.9 Å². The number of benzene rings is 1. The van der Waals surface area contributed by atoms with E-state index in [1.807, 2.05) is 12.1 Å². The van der Waals surface area contributed by atoms with Crippen molar-refractivity contribution in [1.29, 1.82) is 0 Å². The van der Waals surface area contributed by atoms with E-state index in [-0.39, 0.29) is 18.7 Å². The van der Waals surface area contributed by atoms with E-state index in [0.29, 0.717) is 18.1 Å². The van der Waals surface area contributed by atoms with E-state index in [0.717, 1.165) is 5.56 Å². The Kier molecular flexibility index (Phi) is 3.31. The minimum atomic E-state index is -0.131. The third kappa shape index (κ3) is 2.13. The molecule has 2 N–H and O–H groups in total. The van der Waals surface area contributed by atoms with Crippen LogP contribution < -0.4 is 5.32 Å². The smallest absolute Gasteiger partial charge is 0.318 e. The summed E-state index contributed by atoms with van der Waals surface area (Å²) in [5, 5.41) is 12.3. The lowest BCUT2D eigenvalue weighted by Gasteiger charge is -2.22. The average molecular weight is 241 g/mol. The summed E-state index contributed by atoms with van der Waals surface area (Å²) in [5.74, 6) is 0. The lowest BCUT2D eigenvalue weighted by atomic mass is 10.1. The second-order valence-corrected chi connectivity index (χ2v) is 4.11. The van der Waals surface area contributed by atoms with Crippen molar-refractivity contribution in [3.8, 4) is 0 Å². The fraction of sp³-hybridized carbons (Fsp3) is 0.364. The first-order valence-corrected chi connectivity index (χ1v) is 5.51. The van der Waals surface area contributed by atoms with E-state index in [4.69, 9.17) is 16.7 Å². The summed E-state index contributed by atoms with van der Waals surface area (Å²) in [5.41, 5.74) is 1.02. The Balaban J connectivity index is 2.19. The number of aliphatic hydroxyl groups excluding tert-OH is 1. The summed E-state index contributed by atoms with van der Waals surface area (Å²) < 4.78 is 0. The van der Waals surface area contributed by atoms with Gasteiger partial charge in [0.15, 0.2) is 0 Å². The topological polar surface area (TPSA) is 52.6 Å². The number of rotatable bonds is 3. The molecule has 5 heteroatoms. The van der Waals surface area contributed by atoms with Crippen LogP contribution in [-0.2, 0) is 0 Å². The number of nitrogens with one attached hydrogen (secondary N) is 1. The van der Waals surface area contributed by atoms with Crippen molar-refractivity contribution in [2.75, 3.05) is 19.7 Å². The highest BCUT2D eigenvalue weighted by Crippen LogP contribution is 2.25. The molecule has 1 aliphatic rings. The van der Waals surface area contributed by atoms with Gasteiger partial charge in [0, 0.05) is 18.1 Å². The van der Waals surface area contributed by atoms with Crippen LogP contribution in [0.15, 0.2) is 24.3 Å². The SMILES string of the molecule is O=C1NCC(c2ccc(Cl)cc2)N1CCO. The molecule has 1 aliphatic heterocycles. The van der Waals surface area contributed by atoms with Gasteiger partial charge in [0.2, 0.25) is 0 Å². The van der Waals surface area contributed by atoms with Crippen LogP contribution in [0.1, 0.15) is 11.6 Å². The minimum absolute atomic E-state index is 0.0167. The Morgan fingerprint density at radius 1 is 1.44 bits per heavy atom. The second kappa shape index (κ2) is 4.72. The van der Waals surface area contributed by atoms with Gasteiger partial charge in [-0.05, 0) is 17.7 Å². The molecule has 0 bridgehead atoms. The summed E-state index contributed by atoms with van der Waals surface area (Å²) >= 11 is 5.81. The number of aliphatic hydroxyl groups is 1. The number of hydrogen-bond acceptors (Lipinski definition) is 2. The first kappa shape index (κ1) is 11.2. The van der Waals surface area contributed by atoms with E-state index >= 15 is 0 Å². The zero-order chi connectivity index (χ0) is 11.5. The van der Waals surface area contributed by atoms with Gasteiger partial charge in [-0.2, -0.15) is 0 Å². The summed E-state index contributed by atoms with van der Waals surface area (Å²) in [6, 6.07) is 7.26. The van der Waals surface area contributed by atoms with Crippen LogP contribution in [0.3, 0.4) is 0 Å². The van der Waals surface area contributed by atoms with E-state index in [1.165, 1.54) is 0 Å². The molecule has 1 aromatic carbocycles. The van der Waals surface area contributed by atoms with Crippen LogP contribution in [0, 0.1) is 0 Å². The van der Waals surface area contributed by atoms with E-state index in [9.17, 15) is 4.79 Å². The van der Waals surface area contributed by atoms with Crippen LogP contribution in [0.25, 0.3) is 0 Å². The highest BCUT2D eigenvalue weighted by atomic mass is 35.5. The number of urea groups is 1. The van der Waals surface area contributed by atoms with Gasteiger partial charge in [0.1, 0.15) is 0 Å². The predicted molar refractivity (Wildman–Crippen MR) is 61.4 cm³/mol. The molecule has 1 aromatic rings. The van der Waals surface area contributed by atoms with Crippen molar-refractivity contribution in [3.63, 3.8) is 0 Å². The van der Waals surface area contributed by atoms with Crippen LogP contribution in [-0.4, -0.2) is 35.7 Å². The van der Waals surface area contributed by atoms with Crippen LogP contribution in [0.4, 0.5) is 4.79 Å². The molecule has 2 rings (SSSR count). The van der Waals surface area contributed by atoms with Gasteiger partial charge < -0.3 is 15.3 Å². The fourth-order valence-corrected chi connectivity index (χ4v) is 2.01. The predicted octanol–water partition coefficient (Wildman–Crippen LogP) is 1.40. The quantitative estimate of drug-likeness (QED) is 0.839. The minimum Gasteiger partial charge on any atom is -0.395 e. The number of nitrogens with zero attached hydrogens (tertiary/aromatic N) is 1. The van der Waals surface area contributed by atoms with Crippen molar-refractivity contribution in [2.45, 2.75) is 6.04 Å². The fourth-order valence-electron chi connectivity index (χ4n) is 1.89. The standard InChI is InChI=1S/C11H13ClN2O2/c12-9-3-1-8(2-4-9)10-7-13-11(16)14(10)5-6-15/h1-4,10,15H,5-7H2,(H,13,16). The van der Waals surface area contributed by atoms with E-state index in [2.05, 4.69) is 5.32 Å². The summed E-state index contributed by atoms with van der Waals surface area (Å²) in [4.78, 5) is 13.1. The van der Waals surface area contributed by atoms with Crippen molar-refractivity contribution in [1.82, 2.24) is 10.2 Å². The lowest BCUT2D eigenvalue weighted by Crippen LogP contribution is -2.32. The lowest BCUT2D eigenvalue weighted by molar-refractivity contribution is 0.179. The van der Waals surface area contributed by atoms with Gasteiger partial charge in [0.25, 0.3) is 0 Å². The Morgan fingerprint density at radius 2 is 2.12 bits per heavy atom. The maximum Gasteiger partial charge on any atom is 0.318 e. The third-order valence-corrected chi connectivity index (χ3v) is 2.93. The molecule has 4 nitrogen and oxygen atoms in total. The Morgan fingerprint density at radius 3 is 2.75 bits per heavy atom. The van der Waals surface area contributed by atoms with Gasteiger partial charge in [0.05, 0.1) is 12.6 Å². The van der Waals surface area contributed by atoms with Gasteiger partial charge >= 0.3 is 6.03 Å². The molecular weight excluding hydrogens is 228 g/mol. The average Bonchev–Trinajstić information content (AvgIpc) is 2.63. The number of amides is 2. The first-order valence-electron chi connectivity index (χ1n) is 5.13. The molecule has 0 aliphatic carbocycles. The first-order chi connectivity index (χ1) is 7.72. The maximum atomic E-state index is 11.5. The molecular formula is C11H13ClN2O2. The van der Waals surface area contributed by atoms with Crippen molar-refractivity contribution >= 4 is 17.6 Å². The Labute approximate surface area is 98.8 Å². The molecule has 86 valence electrons. The molecule has 0 radical (unpaired) electrons. The zero-order valence-corrected chi connectivity index (χ0v) is 9.44. The van der Waals surface area contributed by atoms with E-state index in [1.54, 1.807) is 17.0 Å². The largest absolute Gasteiger partial charge is 0.395 e. The summed E-state index contributed by atoms with van der Waals surface area (Å²) in [7, 11) is 0. The van der Waals surface area contributed by atoms with Gasteiger partial charge in [-0.1, -0.05) is 23.7 Å². The highest BCUT2D eigenvalue weighted by Gasteiger charge is 2.30. The molecule has 1 saturated heterocycles. The van der Waals surface area contributed by atoms with Crippen LogP contribution in [0.5, 0.6) is 0 Å². The molecule has 0 spiro atoms. The molecule has 2 amide bonds. The normalized spacial score (nSPS) is 20.0. The monoisotopic (exact) mass is 240 g/mol. The number of hydrogen-bond donors (Lipinski definition) is 2. The molecule has 1 unspecified atom stereocenters. The summed E-state index contributed by atoms with van der Waals surface area (Å²) in [6.07, 6.45) is 0. The van der Waals surface area contributed by atoms with Gasteiger partial charge in [-0.25, -0.2) is 4.79 Å². The second-order valence-electron chi connectivity index (χ2n) is 3.67. The number of carbonyl (C=O) groups excluding carboxylic acids is 1. The Bertz CT molecular complexity index is 380. The van der Waals surface area contributed by atoms with Crippen molar-refractivity contribution < 1.29 is 9.90 Å². The van der Waals surface area contributed by atoms with Gasteiger partial charge in [-0.15, -0.1) is 0 Å². The molecule has 1 atom stereocenters. The van der Waals surface area contributed by atoms with Crippen LogP contribution >= 0.6 is 11.6 Å². The van der Waals surface area contributed by atoms with Gasteiger partial charge in [-0.3, -0.25) is 0 Å². The van der Waals surface area contributed by atoms with Crippen LogP contribution in [0.2, 0.25) is 5.02 Å². The zero-order valence-electron chi connectivity index (χ0n) is 8.69. The molecule has 1 fully saturated rings. The Hall–Kier alpha value is -1.26. The van der Waals surface area contributed by atoms with Crippen molar-refractivity contribution in [2.24, 2.45) is 0 Å². The third-order valence-electron chi connectivity index (χ3n) is 2.68. The highest BCUT2D eigenvalue weighted by molar-refractivity contribution is 6.30. The molecule has 1 heterocycles. The number of carbonyl (C=O) groups is 1. The van der Waals surface area contributed by atoms with E-state index < -0.39 is 0 Å². The summed E-state index contributed by atoms with van der Waals surface area (Å²) in [6.45, 7) is 0.886. The number of β-amino-alcohol motifs (C(OH)–C–C–N with tert-alkyl or cyclic N) is 1. The molecule has 0 saturated carbocycles. The number of halogens is 1. The molecule has 0 aromatic heterocycles. The molecule has 16 heavy (non-hydrogen) atoms.